The number of benzene rings is 2. The molecule has 2 aromatic carbocycles. The van der Waals surface area contributed by atoms with E-state index in [9.17, 15) is 4.79 Å². The number of nitrogens with zero attached hydrogens (tertiary/aromatic N) is 1. The standard InChI is InChI=1S/C20H21N3O/c1-14(17-11-7-4-8-12-17)21-20-22-15(2)18(19(24)23-20)13-16-9-5-3-6-10-16/h3-12,14H,13H2,1-2H3,(H2,21,22,23,24). The van der Waals surface area contributed by atoms with Gasteiger partial charge in [0, 0.05) is 12.0 Å². The number of nitrogens with one attached hydrogen (secondary N) is 2. The smallest absolute Gasteiger partial charge is 0.256 e. The van der Waals surface area contributed by atoms with Gasteiger partial charge in [0.15, 0.2) is 0 Å². The second-order valence-electron chi connectivity index (χ2n) is 5.92. The van der Waals surface area contributed by atoms with Crippen molar-refractivity contribution in [1.82, 2.24) is 9.97 Å². The molecule has 1 aromatic heterocycles. The molecule has 0 saturated heterocycles. The molecule has 24 heavy (non-hydrogen) atoms. The second kappa shape index (κ2) is 7.13. The number of hydrogen-bond donors (Lipinski definition) is 2. The van der Waals surface area contributed by atoms with Gasteiger partial charge in [0.1, 0.15) is 0 Å². The highest BCUT2D eigenvalue weighted by molar-refractivity contribution is 5.35. The zero-order valence-corrected chi connectivity index (χ0v) is 13.9. The van der Waals surface area contributed by atoms with Crippen LogP contribution in [0.2, 0.25) is 0 Å². The first-order valence-corrected chi connectivity index (χ1v) is 8.08. The summed E-state index contributed by atoms with van der Waals surface area (Å²) in [6, 6.07) is 20.1. The molecule has 0 spiro atoms. The number of H-pyrrole nitrogens is 1. The topological polar surface area (TPSA) is 57.8 Å². The molecule has 1 heterocycles. The monoisotopic (exact) mass is 319 g/mol. The lowest BCUT2D eigenvalue weighted by molar-refractivity contribution is 0.847. The maximum absolute atomic E-state index is 12.4. The highest BCUT2D eigenvalue weighted by Crippen LogP contribution is 2.16. The van der Waals surface area contributed by atoms with Crippen molar-refractivity contribution in [3.63, 3.8) is 0 Å². The van der Waals surface area contributed by atoms with Crippen molar-refractivity contribution in [3.05, 3.63) is 93.4 Å². The molecule has 4 nitrogen and oxygen atoms in total. The predicted octanol–water partition coefficient (Wildman–Crippen LogP) is 3.84. The Morgan fingerprint density at radius 1 is 1.04 bits per heavy atom. The molecule has 2 N–H and O–H groups in total. The molecule has 0 bridgehead atoms. The first-order chi connectivity index (χ1) is 11.6. The zero-order chi connectivity index (χ0) is 16.9. The number of hydrogen-bond acceptors (Lipinski definition) is 3. The Balaban J connectivity index is 1.81. The SMILES string of the molecule is Cc1nc(NC(C)c2ccccc2)[nH]c(=O)c1Cc1ccccc1. The quantitative estimate of drug-likeness (QED) is 0.751. The summed E-state index contributed by atoms with van der Waals surface area (Å²) in [6.07, 6.45) is 0.587. The van der Waals surface area contributed by atoms with Gasteiger partial charge in [-0.25, -0.2) is 4.98 Å². The minimum absolute atomic E-state index is 0.0636. The van der Waals surface area contributed by atoms with Gasteiger partial charge in [-0.1, -0.05) is 60.7 Å². The maximum atomic E-state index is 12.4. The highest BCUT2D eigenvalue weighted by atomic mass is 16.1. The molecule has 0 radical (unpaired) electrons. The molecular weight excluding hydrogens is 298 g/mol. The summed E-state index contributed by atoms with van der Waals surface area (Å²) >= 11 is 0. The van der Waals surface area contributed by atoms with Crippen LogP contribution in [0.25, 0.3) is 0 Å². The third-order valence-electron chi connectivity index (χ3n) is 4.10. The molecule has 1 unspecified atom stereocenters. The van der Waals surface area contributed by atoms with Crippen LogP contribution in [0.15, 0.2) is 65.5 Å². The van der Waals surface area contributed by atoms with Gasteiger partial charge in [-0.15, -0.1) is 0 Å². The van der Waals surface area contributed by atoms with E-state index in [-0.39, 0.29) is 11.6 Å². The van der Waals surface area contributed by atoms with Gasteiger partial charge in [0.05, 0.1) is 11.7 Å². The number of anilines is 1. The van der Waals surface area contributed by atoms with E-state index in [1.165, 1.54) is 0 Å². The van der Waals surface area contributed by atoms with Gasteiger partial charge in [-0.2, -0.15) is 0 Å². The minimum Gasteiger partial charge on any atom is -0.349 e. The Labute approximate surface area is 141 Å². The van der Waals surface area contributed by atoms with Crippen LogP contribution >= 0.6 is 0 Å². The fourth-order valence-electron chi connectivity index (χ4n) is 2.72. The molecule has 0 aliphatic rings. The fraction of sp³-hybridized carbons (Fsp3) is 0.200. The van der Waals surface area contributed by atoms with E-state index in [0.717, 1.165) is 16.8 Å². The third kappa shape index (κ3) is 3.71. The molecule has 0 saturated carbocycles. The molecule has 0 aliphatic heterocycles. The van der Waals surface area contributed by atoms with Gasteiger partial charge < -0.3 is 5.32 Å². The molecule has 1 atom stereocenters. The summed E-state index contributed by atoms with van der Waals surface area (Å²) in [7, 11) is 0. The largest absolute Gasteiger partial charge is 0.349 e. The van der Waals surface area contributed by atoms with Crippen LogP contribution in [0.1, 0.15) is 35.3 Å². The van der Waals surface area contributed by atoms with Crippen LogP contribution in [-0.2, 0) is 6.42 Å². The van der Waals surface area contributed by atoms with Crippen LogP contribution in [0, 0.1) is 6.92 Å². The van der Waals surface area contributed by atoms with Crippen molar-refractivity contribution < 1.29 is 0 Å². The van der Waals surface area contributed by atoms with Crippen LogP contribution in [0.5, 0.6) is 0 Å². The Morgan fingerprint density at radius 2 is 1.67 bits per heavy atom. The lowest BCUT2D eigenvalue weighted by atomic mass is 10.1. The van der Waals surface area contributed by atoms with Gasteiger partial charge in [0.2, 0.25) is 5.95 Å². The molecule has 122 valence electrons. The molecular formula is C20H21N3O. The van der Waals surface area contributed by atoms with Gasteiger partial charge >= 0.3 is 0 Å². The van der Waals surface area contributed by atoms with E-state index < -0.39 is 0 Å². The molecule has 0 aliphatic carbocycles. The van der Waals surface area contributed by atoms with E-state index in [0.29, 0.717) is 17.9 Å². The summed E-state index contributed by atoms with van der Waals surface area (Å²) in [4.78, 5) is 19.8. The van der Waals surface area contributed by atoms with Gasteiger partial charge in [0.25, 0.3) is 5.56 Å². The van der Waals surface area contributed by atoms with Gasteiger partial charge in [-0.3, -0.25) is 9.78 Å². The Kier molecular flexibility index (Phi) is 4.75. The molecule has 3 rings (SSSR count). The number of aromatic amines is 1. The molecule has 0 amide bonds. The fourth-order valence-corrected chi connectivity index (χ4v) is 2.72. The van der Waals surface area contributed by atoms with Crippen LogP contribution in [0.4, 0.5) is 5.95 Å². The van der Waals surface area contributed by atoms with E-state index in [1.807, 2.05) is 74.5 Å². The highest BCUT2D eigenvalue weighted by Gasteiger charge is 2.11. The van der Waals surface area contributed by atoms with Crippen molar-refractivity contribution in [2.45, 2.75) is 26.3 Å². The molecule has 0 fully saturated rings. The van der Waals surface area contributed by atoms with Crippen molar-refractivity contribution >= 4 is 5.95 Å². The average Bonchev–Trinajstić information content (AvgIpc) is 2.60. The molecule has 4 heteroatoms. The predicted molar refractivity (Wildman–Crippen MR) is 97.3 cm³/mol. The van der Waals surface area contributed by atoms with Crippen molar-refractivity contribution in [1.29, 1.82) is 0 Å². The number of aromatic nitrogens is 2. The van der Waals surface area contributed by atoms with Crippen molar-refractivity contribution in [2.75, 3.05) is 5.32 Å². The van der Waals surface area contributed by atoms with Crippen LogP contribution in [0.3, 0.4) is 0 Å². The maximum Gasteiger partial charge on any atom is 0.256 e. The van der Waals surface area contributed by atoms with Crippen molar-refractivity contribution in [2.24, 2.45) is 0 Å². The lowest BCUT2D eigenvalue weighted by Crippen LogP contribution is -2.20. The second-order valence-corrected chi connectivity index (χ2v) is 5.92. The van der Waals surface area contributed by atoms with E-state index >= 15 is 0 Å². The summed E-state index contributed by atoms with van der Waals surface area (Å²) in [5, 5.41) is 3.26. The lowest BCUT2D eigenvalue weighted by Gasteiger charge is -2.15. The summed E-state index contributed by atoms with van der Waals surface area (Å²) in [5.74, 6) is 0.505. The van der Waals surface area contributed by atoms with E-state index in [1.54, 1.807) is 0 Å². The normalized spacial score (nSPS) is 11.9. The minimum atomic E-state index is -0.0888. The Morgan fingerprint density at radius 3 is 2.29 bits per heavy atom. The first-order valence-electron chi connectivity index (χ1n) is 8.08. The van der Waals surface area contributed by atoms with Crippen molar-refractivity contribution in [3.8, 4) is 0 Å². The third-order valence-corrected chi connectivity index (χ3v) is 4.10. The van der Waals surface area contributed by atoms with Gasteiger partial charge in [-0.05, 0) is 25.0 Å². The summed E-state index contributed by atoms with van der Waals surface area (Å²) in [5.41, 5.74) is 3.62. The number of aryl methyl sites for hydroxylation is 1. The van der Waals surface area contributed by atoms with Crippen LogP contribution in [-0.4, -0.2) is 9.97 Å². The van der Waals surface area contributed by atoms with Crippen LogP contribution < -0.4 is 10.9 Å². The van der Waals surface area contributed by atoms with E-state index in [2.05, 4.69) is 15.3 Å². The first kappa shape index (κ1) is 16.0. The summed E-state index contributed by atoms with van der Waals surface area (Å²) in [6.45, 7) is 3.93. The van der Waals surface area contributed by atoms with E-state index in [4.69, 9.17) is 0 Å². The Hall–Kier alpha value is -2.88. The zero-order valence-electron chi connectivity index (χ0n) is 13.9. The number of rotatable bonds is 5. The Bertz CT molecular complexity index is 857. The molecule has 3 aromatic rings. The summed E-state index contributed by atoms with van der Waals surface area (Å²) < 4.78 is 0. The average molecular weight is 319 g/mol.